The first-order chi connectivity index (χ1) is 9.20. The highest BCUT2D eigenvalue weighted by Crippen LogP contribution is 2.43. The normalized spacial score (nSPS) is 29.6. The van der Waals surface area contributed by atoms with Gasteiger partial charge >= 0.3 is 0 Å². The number of aliphatic hydroxyl groups is 1. The van der Waals surface area contributed by atoms with Gasteiger partial charge in [-0.3, -0.25) is 0 Å². The summed E-state index contributed by atoms with van der Waals surface area (Å²) in [5, 5.41) is 14.0. The van der Waals surface area contributed by atoms with Crippen LogP contribution in [0.25, 0.3) is 0 Å². The van der Waals surface area contributed by atoms with Crippen molar-refractivity contribution in [1.82, 2.24) is 5.32 Å². The van der Waals surface area contributed by atoms with Crippen molar-refractivity contribution in [2.45, 2.75) is 102 Å². The van der Waals surface area contributed by atoms with E-state index >= 15 is 0 Å². The van der Waals surface area contributed by atoms with E-state index in [1.165, 1.54) is 38.5 Å². The minimum absolute atomic E-state index is 0.0467. The molecule has 1 aliphatic heterocycles. The van der Waals surface area contributed by atoms with Crippen molar-refractivity contribution in [1.29, 1.82) is 0 Å². The first-order valence-electron chi connectivity index (χ1n) is 8.35. The van der Waals surface area contributed by atoms with Crippen LogP contribution in [0, 0.1) is 0 Å². The Morgan fingerprint density at radius 2 is 1.75 bits per heavy atom. The van der Waals surface area contributed by atoms with Crippen LogP contribution in [-0.2, 0) is 4.74 Å². The monoisotopic (exact) mass is 283 g/mol. The van der Waals surface area contributed by atoms with Crippen LogP contribution in [0.15, 0.2) is 0 Å². The summed E-state index contributed by atoms with van der Waals surface area (Å²) < 4.78 is 6.37. The maximum Gasteiger partial charge on any atom is 0.0768 e. The maximum absolute atomic E-state index is 10.6. The second kappa shape index (κ2) is 5.94. The van der Waals surface area contributed by atoms with Gasteiger partial charge in [-0.25, -0.2) is 0 Å². The Hall–Kier alpha value is -0.120. The average Bonchev–Trinajstić information content (AvgIpc) is 2.69. The Bertz CT molecular complexity index is 313. The van der Waals surface area contributed by atoms with E-state index in [1.807, 2.05) is 6.92 Å². The van der Waals surface area contributed by atoms with Gasteiger partial charge in [0.25, 0.3) is 0 Å². The first kappa shape index (κ1) is 16.3. The Morgan fingerprint density at radius 3 is 2.35 bits per heavy atom. The number of nitrogens with one attached hydrogen (secondary N) is 1. The molecule has 0 amide bonds. The Labute approximate surface area is 124 Å². The molecule has 2 rings (SSSR count). The maximum atomic E-state index is 10.6. The van der Waals surface area contributed by atoms with Crippen molar-refractivity contribution in [2.75, 3.05) is 6.54 Å². The second-order valence-electron chi connectivity index (χ2n) is 8.33. The summed E-state index contributed by atoms with van der Waals surface area (Å²) in [7, 11) is 0. The van der Waals surface area contributed by atoms with Crippen molar-refractivity contribution in [3.63, 3.8) is 0 Å². The summed E-state index contributed by atoms with van der Waals surface area (Å²) in [4.78, 5) is 0. The molecule has 2 N–H and O–H groups in total. The number of β-amino-alcohol motifs (C(OH)–C–C–N with tert-alkyl or cyclic N) is 1. The van der Waals surface area contributed by atoms with Gasteiger partial charge in [-0.15, -0.1) is 0 Å². The fraction of sp³-hybridized carbons (Fsp3) is 1.00. The Morgan fingerprint density at radius 1 is 1.10 bits per heavy atom. The summed E-state index contributed by atoms with van der Waals surface area (Å²) in [6.07, 6.45) is 9.75. The molecule has 1 saturated carbocycles. The Balaban J connectivity index is 1.81. The smallest absolute Gasteiger partial charge is 0.0768 e. The zero-order valence-electron chi connectivity index (χ0n) is 13.8. The minimum Gasteiger partial charge on any atom is -0.389 e. The summed E-state index contributed by atoms with van der Waals surface area (Å²) in [6.45, 7) is 8.95. The van der Waals surface area contributed by atoms with Gasteiger partial charge in [-0.05, 0) is 53.4 Å². The zero-order chi connectivity index (χ0) is 14.9. The van der Waals surface area contributed by atoms with Gasteiger partial charge in [0, 0.05) is 18.5 Å². The van der Waals surface area contributed by atoms with Gasteiger partial charge in [0.05, 0.1) is 17.3 Å². The van der Waals surface area contributed by atoms with Crippen molar-refractivity contribution in [3.05, 3.63) is 0 Å². The zero-order valence-corrected chi connectivity index (χ0v) is 13.8. The number of rotatable bonds is 4. The van der Waals surface area contributed by atoms with Gasteiger partial charge in [0.15, 0.2) is 0 Å². The van der Waals surface area contributed by atoms with Gasteiger partial charge in [0.1, 0.15) is 0 Å². The molecule has 118 valence electrons. The van der Waals surface area contributed by atoms with Crippen LogP contribution in [0.3, 0.4) is 0 Å². The van der Waals surface area contributed by atoms with Crippen molar-refractivity contribution in [2.24, 2.45) is 0 Å². The van der Waals surface area contributed by atoms with Crippen LogP contribution < -0.4 is 5.32 Å². The summed E-state index contributed by atoms with van der Waals surface area (Å²) in [5.41, 5.74) is -0.473. The largest absolute Gasteiger partial charge is 0.389 e. The van der Waals surface area contributed by atoms with E-state index in [0.717, 1.165) is 12.8 Å². The molecular weight excluding hydrogens is 250 g/mol. The molecule has 2 atom stereocenters. The third-order valence-electron chi connectivity index (χ3n) is 4.77. The molecule has 2 unspecified atom stereocenters. The van der Waals surface area contributed by atoms with E-state index in [-0.39, 0.29) is 17.2 Å². The van der Waals surface area contributed by atoms with Crippen molar-refractivity contribution < 1.29 is 9.84 Å². The van der Waals surface area contributed by atoms with E-state index in [2.05, 4.69) is 26.1 Å². The van der Waals surface area contributed by atoms with E-state index in [4.69, 9.17) is 4.74 Å². The van der Waals surface area contributed by atoms with Crippen LogP contribution in [0.5, 0.6) is 0 Å². The molecule has 20 heavy (non-hydrogen) atoms. The van der Waals surface area contributed by atoms with Crippen LogP contribution in [0.2, 0.25) is 0 Å². The van der Waals surface area contributed by atoms with Crippen LogP contribution in [0.1, 0.15) is 79.1 Å². The van der Waals surface area contributed by atoms with Crippen molar-refractivity contribution >= 4 is 0 Å². The van der Waals surface area contributed by atoms with Crippen molar-refractivity contribution in [3.8, 4) is 0 Å². The topological polar surface area (TPSA) is 41.5 Å². The molecule has 0 aromatic carbocycles. The summed E-state index contributed by atoms with van der Waals surface area (Å²) in [6, 6.07) is 0. The molecule has 0 bridgehead atoms. The highest BCUT2D eigenvalue weighted by Gasteiger charge is 2.42. The molecule has 3 nitrogen and oxygen atoms in total. The molecule has 1 saturated heterocycles. The van der Waals surface area contributed by atoms with Gasteiger partial charge < -0.3 is 15.2 Å². The lowest BCUT2D eigenvalue weighted by atomic mass is 9.83. The standard InChI is InChI=1S/C17H33NO2/c1-15(2,3)18-13-16(4,19)12-14-8-11-17(20-14)9-6-5-7-10-17/h14,18-19H,5-13H2,1-4H3. The first-order valence-corrected chi connectivity index (χ1v) is 8.35. The highest BCUT2D eigenvalue weighted by molar-refractivity contribution is 4.94. The molecule has 1 aliphatic carbocycles. The molecule has 0 radical (unpaired) electrons. The Kier molecular flexibility index (Phi) is 4.83. The average molecular weight is 283 g/mol. The SMILES string of the molecule is CC(O)(CNC(C)(C)C)CC1CCC2(CCCCC2)O1. The third kappa shape index (κ3) is 4.71. The molecule has 2 fully saturated rings. The summed E-state index contributed by atoms with van der Waals surface area (Å²) in [5.74, 6) is 0. The molecule has 1 heterocycles. The number of hydrogen-bond donors (Lipinski definition) is 2. The lowest BCUT2D eigenvalue weighted by Gasteiger charge is -2.35. The van der Waals surface area contributed by atoms with Crippen LogP contribution in [-0.4, -0.2) is 34.5 Å². The lowest BCUT2D eigenvalue weighted by Crippen LogP contribution is -2.47. The van der Waals surface area contributed by atoms with Gasteiger partial charge in [-0.2, -0.15) is 0 Å². The predicted molar refractivity (Wildman–Crippen MR) is 82.9 cm³/mol. The predicted octanol–water partition coefficient (Wildman–Crippen LogP) is 3.40. The molecule has 1 spiro atoms. The van der Waals surface area contributed by atoms with E-state index in [0.29, 0.717) is 6.54 Å². The fourth-order valence-electron chi connectivity index (χ4n) is 3.62. The fourth-order valence-corrected chi connectivity index (χ4v) is 3.62. The lowest BCUT2D eigenvalue weighted by molar-refractivity contribution is -0.0896. The third-order valence-corrected chi connectivity index (χ3v) is 4.77. The molecule has 2 aliphatic rings. The van der Waals surface area contributed by atoms with Crippen LogP contribution >= 0.6 is 0 Å². The second-order valence-corrected chi connectivity index (χ2v) is 8.33. The minimum atomic E-state index is -0.682. The summed E-state index contributed by atoms with van der Waals surface area (Å²) >= 11 is 0. The molecule has 0 aromatic heterocycles. The molecule has 0 aromatic rings. The number of ether oxygens (including phenoxy) is 1. The van der Waals surface area contributed by atoms with Gasteiger partial charge in [-0.1, -0.05) is 19.3 Å². The van der Waals surface area contributed by atoms with E-state index in [9.17, 15) is 5.11 Å². The van der Waals surface area contributed by atoms with E-state index in [1.54, 1.807) is 0 Å². The molecule has 3 heteroatoms. The quantitative estimate of drug-likeness (QED) is 0.831. The number of hydrogen-bond acceptors (Lipinski definition) is 3. The van der Waals surface area contributed by atoms with Gasteiger partial charge in [0.2, 0.25) is 0 Å². The molecular formula is C17H33NO2. The van der Waals surface area contributed by atoms with E-state index < -0.39 is 5.60 Å². The highest BCUT2D eigenvalue weighted by atomic mass is 16.5. The van der Waals surface area contributed by atoms with Crippen LogP contribution in [0.4, 0.5) is 0 Å².